The zero-order valence-corrected chi connectivity index (χ0v) is 13.6. The molecule has 1 aliphatic heterocycles. The maximum Gasteiger partial charge on any atom is 0.255 e. The Hall–Kier alpha value is -2.73. The van der Waals surface area contributed by atoms with Gasteiger partial charge in [-0.3, -0.25) is 9.69 Å². The van der Waals surface area contributed by atoms with E-state index in [9.17, 15) is 4.79 Å². The first-order valence-electron chi connectivity index (χ1n) is 8.50. The Bertz CT molecular complexity index is 820. The lowest BCUT2D eigenvalue weighted by atomic mass is 9.89. The Morgan fingerprint density at radius 1 is 1.12 bits per heavy atom. The van der Waals surface area contributed by atoms with Gasteiger partial charge < -0.3 is 5.32 Å². The fourth-order valence-electron chi connectivity index (χ4n) is 3.73. The second-order valence-electron chi connectivity index (χ2n) is 6.46. The van der Waals surface area contributed by atoms with Crippen molar-refractivity contribution in [1.29, 1.82) is 0 Å². The molecule has 24 heavy (non-hydrogen) atoms. The lowest BCUT2D eigenvalue weighted by Crippen LogP contribution is -2.42. The monoisotopic (exact) mass is 316 g/mol. The first-order chi connectivity index (χ1) is 11.8. The van der Waals surface area contributed by atoms with Crippen molar-refractivity contribution in [2.75, 3.05) is 16.8 Å². The number of rotatable bonds is 2. The number of nitrogens with one attached hydrogen (secondary N) is 1. The van der Waals surface area contributed by atoms with Gasteiger partial charge in [0.15, 0.2) is 0 Å². The van der Waals surface area contributed by atoms with E-state index in [1.54, 1.807) is 4.90 Å². The minimum Gasteiger partial charge on any atom is -0.368 e. The molecule has 1 N–H and O–H groups in total. The van der Waals surface area contributed by atoms with Gasteiger partial charge in [0.2, 0.25) is 0 Å². The molecule has 3 heteroatoms. The van der Waals surface area contributed by atoms with Crippen molar-refractivity contribution in [3.8, 4) is 12.3 Å². The van der Waals surface area contributed by atoms with Crippen molar-refractivity contribution >= 4 is 17.3 Å². The molecule has 2 aromatic carbocycles. The van der Waals surface area contributed by atoms with Crippen LogP contribution in [0.15, 0.2) is 42.5 Å². The molecule has 0 spiro atoms. The Morgan fingerprint density at radius 2 is 1.83 bits per heavy atom. The minimum absolute atomic E-state index is 0.0161. The van der Waals surface area contributed by atoms with Crippen LogP contribution in [0.1, 0.15) is 35.6 Å². The molecule has 3 nitrogen and oxygen atoms in total. The number of carbonyl (C=O) groups excluding carboxylic acids is 1. The highest BCUT2D eigenvalue weighted by Crippen LogP contribution is 2.40. The van der Waals surface area contributed by atoms with E-state index < -0.39 is 0 Å². The van der Waals surface area contributed by atoms with Gasteiger partial charge in [0.1, 0.15) is 6.04 Å². The predicted molar refractivity (Wildman–Crippen MR) is 97.1 cm³/mol. The molecule has 4 rings (SSSR count). The molecule has 0 saturated heterocycles. The van der Waals surface area contributed by atoms with Crippen LogP contribution in [0.3, 0.4) is 0 Å². The van der Waals surface area contributed by atoms with Gasteiger partial charge >= 0.3 is 0 Å². The number of anilines is 2. The summed E-state index contributed by atoms with van der Waals surface area (Å²) in [4.78, 5) is 14.8. The first-order valence-corrected chi connectivity index (χ1v) is 8.50. The molecule has 1 aliphatic carbocycles. The van der Waals surface area contributed by atoms with Crippen LogP contribution in [-0.4, -0.2) is 12.5 Å². The van der Waals surface area contributed by atoms with E-state index in [4.69, 9.17) is 6.42 Å². The number of hydrogen-bond acceptors (Lipinski definition) is 2. The summed E-state index contributed by atoms with van der Waals surface area (Å²) in [5.41, 5.74) is 5.65. The fraction of sp³-hybridized carbons (Fsp3) is 0.286. The maximum absolute atomic E-state index is 13.0. The van der Waals surface area contributed by atoms with Crippen LogP contribution in [0, 0.1) is 12.3 Å². The molecule has 0 fully saturated rings. The van der Waals surface area contributed by atoms with Gasteiger partial charge in [0.05, 0.1) is 17.9 Å². The van der Waals surface area contributed by atoms with E-state index in [-0.39, 0.29) is 11.9 Å². The highest BCUT2D eigenvalue weighted by atomic mass is 16.2. The lowest BCUT2D eigenvalue weighted by Gasteiger charge is -2.36. The van der Waals surface area contributed by atoms with Gasteiger partial charge in [-0.05, 0) is 54.5 Å². The average molecular weight is 316 g/mol. The number of nitrogens with zero attached hydrogens (tertiary/aromatic N) is 1. The third-order valence-corrected chi connectivity index (χ3v) is 4.95. The van der Waals surface area contributed by atoms with Crippen molar-refractivity contribution in [3.05, 3.63) is 59.2 Å². The molecular weight excluding hydrogens is 296 g/mol. The zero-order valence-electron chi connectivity index (χ0n) is 13.6. The van der Waals surface area contributed by atoms with Crippen LogP contribution >= 0.6 is 0 Å². The van der Waals surface area contributed by atoms with Crippen LogP contribution in [0.25, 0.3) is 0 Å². The van der Waals surface area contributed by atoms with Gasteiger partial charge in [-0.25, -0.2) is 0 Å². The maximum atomic E-state index is 13.0. The van der Waals surface area contributed by atoms with E-state index in [1.807, 2.05) is 30.3 Å². The summed E-state index contributed by atoms with van der Waals surface area (Å²) >= 11 is 0. The van der Waals surface area contributed by atoms with Crippen LogP contribution in [-0.2, 0) is 17.6 Å². The average Bonchev–Trinajstić information content (AvgIpc) is 2.63. The van der Waals surface area contributed by atoms with Gasteiger partial charge in [0, 0.05) is 0 Å². The van der Waals surface area contributed by atoms with Crippen molar-refractivity contribution in [2.24, 2.45) is 0 Å². The number of amides is 1. The number of fused-ring (bicyclic) bond motifs is 2. The third-order valence-electron chi connectivity index (χ3n) is 4.95. The molecule has 0 radical (unpaired) electrons. The van der Waals surface area contributed by atoms with E-state index in [1.165, 1.54) is 24.0 Å². The smallest absolute Gasteiger partial charge is 0.255 e. The molecule has 1 unspecified atom stereocenters. The molecule has 0 aromatic heterocycles. The predicted octanol–water partition coefficient (Wildman–Crippen LogP) is 3.70. The number of hydrogen-bond donors (Lipinski definition) is 1. The lowest BCUT2D eigenvalue weighted by molar-refractivity contribution is -0.119. The summed E-state index contributed by atoms with van der Waals surface area (Å²) in [5.74, 6) is 2.65. The summed E-state index contributed by atoms with van der Waals surface area (Å²) < 4.78 is 0. The largest absolute Gasteiger partial charge is 0.368 e. The molecule has 0 saturated carbocycles. The quantitative estimate of drug-likeness (QED) is 0.857. The topological polar surface area (TPSA) is 32.3 Å². The standard InChI is InChI=1S/C21H20N2O/c1-2-12-23-19-14-17-11-7-6-10-16(17)13-18(19)22-20(21(23)24)15-8-4-3-5-9-15/h1,3-5,8-9,13-14,20,22H,6-7,10-12H2. The molecule has 1 atom stereocenters. The number of terminal acetylenes is 1. The van der Waals surface area contributed by atoms with Crippen molar-refractivity contribution in [2.45, 2.75) is 31.7 Å². The molecule has 0 bridgehead atoms. The minimum atomic E-state index is -0.381. The van der Waals surface area contributed by atoms with Crippen molar-refractivity contribution in [1.82, 2.24) is 0 Å². The van der Waals surface area contributed by atoms with Crippen LogP contribution in [0.2, 0.25) is 0 Å². The second-order valence-corrected chi connectivity index (χ2v) is 6.46. The molecule has 1 heterocycles. The summed E-state index contributed by atoms with van der Waals surface area (Å²) in [6.45, 7) is 0.301. The van der Waals surface area contributed by atoms with Crippen LogP contribution in [0.5, 0.6) is 0 Å². The van der Waals surface area contributed by atoms with Crippen molar-refractivity contribution in [3.63, 3.8) is 0 Å². The Labute approximate surface area is 142 Å². The molecular formula is C21H20N2O. The van der Waals surface area contributed by atoms with Gasteiger partial charge in [-0.2, -0.15) is 0 Å². The summed E-state index contributed by atoms with van der Waals surface area (Å²) in [5, 5.41) is 3.44. The first kappa shape index (κ1) is 14.8. The normalized spacial score (nSPS) is 19.0. The molecule has 2 aliphatic rings. The SMILES string of the molecule is C#CCN1C(=O)C(c2ccccc2)Nc2cc3c(cc21)CCCC3. The summed E-state index contributed by atoms with van der Waals surface area (Å²) in [6.07, 6.45) is 10.2. The Morgan fingerprint density at radius 3 is 2.54 bits per heavy atom. The van der Waals surface area contributed by atoms with E-state index >= 15 is 0 Å². The van der Waals surface area contributed by atoms with Gasteiger partial charge in [0.25, 0.3) is 5.91 Å². The van der Waals surface area contributed by atoms with Gasteiger partial charge in [-0.15, -0.1) is 6.42 Å². The summed E-state index contributed by atoms with van der Waals surface area (Å²) in [6, 6.07) is 13.8. The second kappa shape index (κ2) is 6.05. The number of benzene rings is 2. The molecule has 1 amide bonds. The van der Waals surface area contributed by atoms with E-state index in [0.29, 0.717) is 6.54 Å². The molecule has 2 aromatic rings. The molecule has 120 valence electrons. The highest BCUT2D eigenvalue weighted by molar-refractivity contribution is 6.06. The zero-order chi connectivity index (χ0) is 16.5. The Kier molecular flexibility index (Phi) is 3.74. The fourth-order valence-corrected chi connectivity index (χ4v) is 3.73. The summed E-state index contributed by atoms with van der Waals surface area (Å²) in [7, 11) is 0. The van der Waals surface area contributed by atoms with E-state index in [2.05, 4.69) is 23.4 Å². The van der Waals surface area contributed by atoms with Crippen LogP contribution < -0.4 is 10.2 Å². The third kappa shape index (κ3) is 2.45. The Balaban J connectivity index is 1.80. The number of carbonyl (C=O) groups is 1. The van der Waals surface area contributed by atoms with Crippen LogP contribution in [0.4, 0.5) is 11.4 Å². The number of aryl methyl sites for hydroxylation is 2. The highest BCUT2D eigenvalue weighted by Gasteiger charge is 2.33. The van der Waals surface area contributed by atoms with Gasteiger partial charge in [-0.1, -0.05) is 36.3 Å². The van der Waals surface area contributed by atoms with E-state index in [0.717, 1.165) is 29.8 Å². The van der Waals surface area contributed by atoms with Crippen molar-refractivity contribution < 1.29 is 4.79 Å².